The van der Waals surface area contributed by atoms with Gasteiger partial charge in [0.25, 0.3) is 0 Å². The van der Waals surface area contributed by atoms with Gasteiger partial charge in [0.15, 0.2) is 0 Å². The predicted octanol–water partition coefficient (Wildman–Crippen LogP) is 1.75. The molecule has 0 aliphatic carbocycles. The van der Waals surface area contributed by atoms with Gasteiger partial charge in [0.05, 0.1) is 6.04 Å². The van der Waals surface area contributed by atoms with E-state index in [1.54, 1.807) is 0 Å². The van der Waals surface area contributed by atoms with Crippen molar-refractivity contribution in [3.8, 4) is 0 Å². The molecule has 0 spiro atoms. The molecule has 1 unspecified atom stereocenters. The largest absolute Gasteiger partial charge is 0.331 e. The molecule has 0 fully saturated rings. The number of hydrogen-bond donors (Lipinski definition) is 0. The second-order valence-corrected chi connectivity index (χ2v) is 4.77. The van der Waals surface area contributed by atoms with Crippen molar-refractivity contribution in [1.82, 2.24) is 14.5 Å². The predicted molar refractivity (Wildman–Crippen MR) is 61.9 cm³/mol. The Morgan fingerprint density at radius 2 is 2.19 bits per heavy atom. The fourth-order valence-electron chi connectivity index (χ4n) is 2.28. The Kier molecular flexibility index (Phi) is 2.74. The van der Waals surface area contributed by atoms with Gasteiger partial charge in [-0.3, -0.25) is 4.79 Å². The first-order valence-electron chi connectivity index (χ1n) is 5.85. The zero-order chi connectivity index (χ0) is 11.9. The number of amides is 1. The van der Waals surface area contributed by atoms with Crippen LogP contribution in [0.4, 0.5) is 0 Å². The zero-order valence-electron chi connectivity index (χ0n) is 10.4. The molecule has 4 nitrogen and oxygen atoms in total. The first kappa shape index (κ1) is 11.2. The molecular weight excluding hydrogens is 202 g/mol. The number of hydrogen-bond acceptors (Lipinski definition) is 2. The number of aromatic nitrogens is 2. The van der Waals surface area contributed by atoms with Crippen LogP contribution in [0.25, 0.3) is 0 Å². The van der Waals surface area contributed by atoms with Gasteiger partial charge in [0.1, 0.15) is 5.82 Å². The molecule has 4 heteroatoms. The summed E-state index contributed by atoms with van der Waals surface area (Å²) in [6, 6.07) is 0.0948. The highest BCUT2D eigenvalue weighted by Gasteiger charge is 2.30. The van der Waals surface area contributed by atoms with Crippen LogP contribution in [0.15, 0.2) is 6.20 Å². The van der Waals surface area contributed by atoms with E-state index in [1.807, 2.05) is 24.9 Å². The lowest BCUT2D eigenvalue weighted by Gasteiger charge is -2.35. The number of carbonyl (C=O) groups excluding carboxylic acids is 1. The second kappa shape index (κ2) is 3.92. The van der Waals surface area contributed by atoms with Gasteiger partial charge in [-0.05, 0) is 13.8 Å². The minimum Gasteiger partial charge on any atom is -0.331 e. The molecule has 1 aromatic heterocycles. The molecule has 1 aliphatic rings. The summed E-state index contributed by atoms with van der Waals surface area (Å²) < 4.78 is 2.20. The number of imidazole rings is 1. The molecule has 16 heavy (non-hydrogen) atoms. The maximum atomic E-state index is 12.0. The molecule has 2 heterocycles. The van der Waals surface area contributed by atoms with E-state index in [2.05, 4.69) is 23.4 Å². The molecule has 0 N–H and O–H groups in total. The minimum absolute atomic E-state index is 0.0602. The summed E-state index contributed by atoms with van der Waals surface area (Å²) in [5.41, 5.74) is 1.18. The second-order valence-electron chi connectivity index (χ2n) is 4.77. The lowest BCUT2D eigenvalue weighted by Crippen LogP contribution is -2.43. The standard InChI is InChI=1S/C12H19N3O/c1-8(2)12(16)15-6-5-14-9(3)7-13-11(14)10(15)4/h7-8,10H,5-6H2,1-4H3. The van der Waals surface area contributed by atoms with E-state index in [4.69, 9.17) is 0 Å². The first-order valence-corrected chi connectivity index (χ1v) is 5.85. The fraction of sp³-hybridized carbons (Fsp3) is 0.667. The van der Waals surface area contributed by atoms with Crippen molar-refractivity contribution in [1.29, 1.82) is 0 Å². The third-order valence-corrected chi connectivity index (χ3v) is 3.27. The Balaban J connectivity index is 2.28. The summed E-state index contributed by atoms with van der Waals surface area (Å²) in [4.78, 5) is 18.3. The van der Waals surface area contributed by atoms with Crippen LogP contribution in [-0.2, 0) is 11.3 Å². The molecule has 1 atom stereocenters. The van der Waals surface area contributed by atoms with Crippen LogP contribution >= 0.6 is 0 Å². The summed E-state index contributed by atoms with van der Waals surface area (Å²) in [5, 5.41) is 0. The van der Waals surface area contributed by atoms with Crippen molar-refractivity contribution < 1.29 is 4.79 Å². The topological polar surface area (TPSA) is 38.1 Å². The van der Waals surface area contributed by atoms with Gasteiger partial charge in [-0.25, -0.2) is 4.98 Å². The quantitative estimate of drug-likeness (QED) is 0.724. The minimum atomic E-state index is 0.0602. The molecule has 88 valence electrons. The number of rotatable bonds is 1. The number of carbonyl (C=O) groups is 1. The van der Waals surface area contributed by atoms with Crippen molar-refractivity contribution >= 4 is 5.91 Å². The molecule has 1 aliphatic heterocycles. The molecule has 1 aromatic rings. The summed E-state index contributed by atoms with van der Waals surface area (Å²) in [7, 11) is 0. The van der Waals surface area contributed by atoms with Gasteiger partial charge in [-0.1, -0.05) is 13.8 Å². The van der Waals surface area contributed by atoms with Crippen molar-refractivity contribution in [3.05, 3.63) is 17.7 Å². The smallest absolute Gasteiger partial charge is 0.225 e. The van der Waals surface area contributed by atoms with Gasteiger partial charge in [-0.15, -0.1) is 0 Å². The van der Waals surface area contributed by atoms with Gasteiger partial charge >= 0.3 is 0 Å². The van der Waals surface area contributed by atoms with Crippen LogP contribution in [0.2, 0.25) is 0 Å². The van der Waals surface area contributed by atoms with Gasteiger partial charge < -0.3 is 9.47 Å². The molecule has 0 bridgehead atoms. The summed E-state index contributed by atoms with van der Waals surface area (Å²) in [5.74, 6) is 1.29. The SMILES string of the molecule is Cc1cnc2n1CCN(C(=O)C(C)C)C2C. The average molecular weight is 221 g/mol. The van der Waals surface area contributed by atoms with E-state index >= 15 is 0 Å². The summed E-state index contributed by atoms with van der Waals surface area (Å²) >= 11 is 0. The highest BCUT2D eigenvalue weighted by atomic mass is 16.2. The summed E-state index contributed by atoms with van der Waals surface area (Å²) in [6.07, 6.45) is 1.88. The van der Waals surface area contributed by atoms with Crippen molar-refractivity contribution in [3.63, 3.8) is 0 Å². The van der Waals surface area contributed by atoms with Crippen molar-refractivity contribution in [2.24, 2.45) is 5.92 Å². The Morgan fingerprint density at radius 3 is 2.81 bits per heavy atom. The van der Waals surface area contributed by atoms with E-state index in [0.717, 1.165) is 18.9 Å². The van der Waals surface area contributed by atoms with Crippen LogP contribution in [0.3, 0.4) is 0 Å². The molecule has 0 aromatic carbocycles. The molecule has 0 radical (unpaired) electrons. The Morgan fingerprint density at radius 1 is 1.50 bits per heavy atom. The van der Waals surface area contributed by atoms with Crippen LogP contribution < -0.4 is 0 Å². The monoisotopic (exact) mass is 221 g/mol. The lowest BCUT2D eigenvalue weighted by atomic mass is 10.1. The van der Waals surface area contributed by atoms with Gasteiger partial charge in [0.2, 0.25) is 5.91 Å². The number of fused-ring (bicyclic) bond motifs is 1. The lowest BCUT2D eigenvalue weighted by molar-refractivity contribution is -0.137. The molecule has 0 saturated carbocycles. The van der Waals surface area contributed by atoms with E-state index in [0.29, 0.717) is 0 Å². The third kappa shape index (κ3) is 1.62. The van der Waals surface area contributed by atoms with Crippen LogP contribution in [-0.4, -0.2) is 26.9 Å². The van der Waals surface area contributed by atoms with Crippen LogP contribution in [0.1, 0.15) is 38.3 Å². The van der Waals surface area contributed by atoms with E-state index in [-0.39, 0.29) is 17.9 Å². The van der Waals surface area contributed by atoms with Crippen molar-refractivity contribution in [2.75, 3.05) is 6.54 Å². The number of aryl methyl sites for hydroxylation is 1. The molecular formula is C12H19N3O. The summed E-state index contributed by atoms with van der Waals surface area (Å²) in [6.45, 7) is 9.66. The van der Waals surface area contributed by atoms with Crippen LogP contribution in [0.5, 0.6) is 0 Å². The van der Waals surface area contributed by atoms with Gasteiger partial charge in [0, 0.05) is 30.9 Å². The maximum Gasteiger partial charge on any atom is 0.225 e. The normalized spacial score (nSPS) is 20.1. The molecule has 0 saturated heterocycles. The van der Waals surface area contributed by atoms with E-state index in [1.165, 1.54) is 5.69 Å². The Hall–Kier alpha value is -1.32. The van der Waals surface area contributed by atoms with E-state index in [9.17, 15) is 4.79 Å². The average Bonchev–Trinajstić information content (AvgIpc) is 2.61. The first-order chi connectivity index (χ1) is 7.52. The van der Waals surface area contributed by atoms with Crippen LogP contribution in [0, 0.1) is 12.8 Å². The maximum absolute atomic E-state index is 12.0. The number of nitrogens with zero attached hydrogens (tertiary/aromatic N) is 3. The van der Waals surface area contributed by atoms with Crippen molar-refractivity contribution in [2.45, 2.75) is 40.3 Å². The molecule has 2 rings (SSSR count). The highest BCUT2D eigenvalue weighted by Crippen LogP contribution is 2.26. The molecule has 1 amide bonds. The highest BCUT2D eigenvalue weighted by molar-refractivity contribution is 5.78. The van der Waals surface area contributed by atoms with E-state index < -0.39 is 0 Å². The third-order valence-electron chi connectivity index (χ3n) is 3.27. The zero-order valence-corrected chi connectivity index (χ0v) is 10.4. The Bertz CT molecular complexity index is 408. The fourth-order valence-corrected chi connectivity index (χ4v) is 2.28. The Labute approximate surface area is 96.3 Å². The van der Waals surface area contributed by atoms with Gasteiger partial charge in [-0.2, -0.15) is 0 Å².